The van der Waals surface area contributed by atoms with Crippen LogP contribution in [0.15, 0.2) is 4.79 Å². The molecule has 1 unspecified atom stereocenters. The van der Waals surface area contributed by atoms with Crippen molar-refractivity contribution in [2.75, 3.05) is 26.3 Å². The second-order valence-electron chi connectivity index (χ2n) is 7.18. The number of nitrogens with one attached hydrogen (secondary N) is 1. The highest BCUT2D eigenvalue weighted by molar-refractivity contribution is 5.84. The normalized spacial score (nSPS) is 21.5. The maximum absolute atomic E-state index is 12.4. The van der Waals surface area contributed by atoms with E-state index in [-0.39, 0.29) is 12.2 Å². The summed E-state index contributed by atoms with van der Waals surface area (Å²) in [5, 5.41) is 5.97. The van der Waals surface area contributed by atoms with Gasteiger partial charge in [-0.1, -0.05) is 0 Å². The van der Waals surface area contributed by atoms with E-state index in [1.165, 1.54) is 10.9 Å². The summed E-state index contributed by atoms with van der Waals surface area (Å²) in [7, 11) is 1.91. The smallest absolute Gasteiger partial charge is 0.253 e. The number of pyridine rings is 1. The van der Waals surface area contributed by atoms with Gasteiger partial charge in [0.25, 0.3) is 5.56 Å². The molecule has 0 spiro atoms. The summed E-state index contributed by atoms with van der Waals surface area (Å²) < 4.78 is 14.3. The number of aromatic amines is 1. The van der Waals surface area contributed by atoms with Gasteiger partial charge in [-0.05, 0) is 50.6 Å². The molecule has 1 aliphatic carbocycles. The fraction of sp³-hybridized carbons (Fsp3) is 0.667. The Hall–Kier alpha value is -1.69. The summed E-state index contributed by atoms with van der Waals surface area (Å²) >= 11 is 0. The average Bonchev–Trinajstić information content (AvgIpc) is 3.18. The van der Waals surface area contributed by atoms with Gasteiger partial charge < -0.3 is 9.88 Å². The number of halogens is 1. The molecule has 1 atom stereocenters. The quantitative estimate of drug-likeness (QED) is 0.935. The first-order valence-electron chi connectivity index (χ1n) is 9.08. The van der Waals surface area contributed by atoms with Gasteiger partial charge in [-0.25, -0.2) is 0 Å². The molecule has 0 bridgehead atoms. The van der Waals surface area contributed by atoms with Gasteiger partial charge in [0.15, 0.2) is 0 Å². The third-order valence-corrected chi connectivity index (χ3v) is 5.62. The fourth-order valence-corrected chi connectivity index (χ4v) is 4.43. The van der Waals surface area contributed by atoms with Crippen LogP contribution in [0, 0.1) is 0 Å². The largest absolute Gasteiger partial charge is 0.307 e. The van der Waals surface area contributed by atoms with Crippen molar-refractivity contribution in [1.82, 2.24) is 19.7 Å². The lowest BCUT2D eigenvalue weighted by Gasteiger charge is -2.17. The maximum atomic E-state index is 12.4. The van der Waals surface area contributed by atoms with Gasteiger partial charge >= 0.3 is 0 Å². The number of nitrogens with zero attached hydrogens (tertiary/aromatic N) is 3. The van der Waals surface area contributed by atoms with E-state index >= 15 is 0 Å². The fourth-order valence-electron chi connectivity index (χ4n) is 4.43. The number of alkyl halides is 1. The van der Waals surface area contributed by atoms with E-state index in [9.17, 15) is 9.18 Å². The predicted molar refractivity (Wildman–Crippen MR) is 92.4 cm³/mol. The van der Waals surface area contributed by atoms with Gasteiger partial charge in [0.2, 0.25) is 0 Å². The van der Waals surface area contributed by atoms with Crippen molar-refractivity contribution in [3.05, 3.63) is 27.2 Å². The second kappa shape index (κ2) is 6.31. The van der Waals surface area contributed by atoms with Crippen LogP contribution in [0.25, 0.3) is 11.0 Å². The molecule has 0 saturated carbocycles. The third kappa shape index (κ3) is 2.57. The first-order valence-corrected chi connectivity index (χ1v) is 9.08. The zero-order chi connectivity index (χ0) is 16.7. The molecular formula is C18H25FN4O. The number of H-pyrrole nitrogens is 1. The Labute approximate surface area is 140 Å². The second-order valence-corrected chi connectivity index (χ2v) is 7.18. The van der Waals surface area contributed by atoms with Crippen LogP contribution in [0.5, 0.6) is 0 Å². The number of likely N-dealkylation sites (tertiary alicyclic amines) is 1. The Morgan fingerprint density at radius 3 is 2.88 bits per heavy atom. The topological polar surface area (TPSA) is 53.9 Å². The maximum Gasteiger partial charge on any atom is 0.253 e. The number of rotatable bonds is 4. The number of fused-ring (bicyclic) bond motifs is 3. The van der Waals surface area contributed by atoms with Crippen LogP contribution >= 0.6 is 0 Å². The van der Waals surface area contributed by atoms with Gasteiger partial charge in [-0.3, -0.25) is 13.9 Å². The van der Waals surface area contributed by atoms with Crippen LogP contribution in [-0.2, 0) is 19.9 Å². The highest BCUT2D eigenvalue weighted by atomic mass is 19.1. The standard InChI is InChI=1S/C18H25FN4O/c1-22-17-15(13-5-2-3-6-14(13)18(24)20-17)16(21-22)12-7-10-23(11-12)9-4-8-19/h12H,2-11H2,1H3,(H,20,24). The van der Waals surface area contributed by atoms with Gasteiger partial charge in [0.05, 0.1) is 12.4 Å². The lowest BCUT2D eigenvalue weighted by atomic mass is 9.88. The van der Waals surface area contributed by atoms with Crippen LogP contribution in [0.2, 0.25) is 0 Å². The van der Waals surface area contributed by atoms with Crippen LogP contribution in [0.3, 0.4) is 0 Å². The highest BCUT2D eigenvalue weighted by Crippen LogP contribution is 2.35. The molecule has 1 saturated heterocycles. The number of aryl methyl sites for hydroxylation is 2. The molecule has 24 heavy (non-hydrogen) atoms. The number of hydrogen-bond acceptors (Lipinski definition) is 3. The van der Waals surface area contributed by atoms with Crippen LogP contribution in [0.4, 0.5) is 4.39 Å². The van der Waals surface area contributed by atoms with E-state index in [1.807, 2.05) is 11.7 Å². The van der Waals surface area contributed by atoms with E-state index in [1.54, 1.807) is 0 Å². The molecule has 6 heteroatoms. The van der Waals surface area contributed by atoms with E-state index in [4.69, 9.17) is 5.10 Å². The minimum atomic E-state index is -0.248. The average molecular weight is 332 g/mol. The van der Waals surface area contributed by atoms with Crippen molar-refractivity contribution in [2.24, 2.45) is 7.05 Å². The molecule has 3 heterocycles. The Morgan fingerprint density at radius 1 is 1.29 bits per heavy atom. The van der Waals surface area contributed by atoms with Crippen molar-refractivity contribution in [3.63, 3.8) is 0 Å². The Kier molecular flexibility index (Phi) is 4.16. The summed E-state index contributed by atoms with van der Waals surface area (Å²) in [4.78, 5) is 17.8. The SMILES string of the molecule is Cn1nc(C2CCN(CCCF)C2)c2c3c(c(=O)[nH]c21)CCCC3. The molecule has 4 rings (SSSR count). The molecular weight excluding hydrogens is 307 g/mol. The van der Waals surface area contributed by atoms with Crippen molar-refractivity contribution in [1.29, 1.82) is 0 Å². The van der Waals surface area contributed by atoms with Crippen molar-refractivity contribution < 1.29 is 4.39 Å². The predicted octanol–water partition coefficient (Wildman–Crippen LogP) is 2.29. The Balaban J connectivity index is 1.75. The van der Waals surface area contributed by atoms with Gasteiger partial charge in [0, 0.05) is 37.0 Å². The Morgan fingerprint density at radius 2 is 2.08 bits per heavy atom. The van der Waals surface area contributed by atoms with Crippen molar-refractivity contribution >= 4 is 11.0 Å². The van der Waals surface area contributed by atoms with E-state index in [0.29, 0.717) is 12.3 Å². The zero-order valence-electron chi connectivity index (χ0n) is 14.3. The molecule has 2 aromatic rings. The van der Waals surface area contributed by atoms with Crippen molar-refractivity contribution in [2.45, 2.75) is 44.4 Å². The van der Waals surface area contributed by atoms with Gasteiger partial charge in [-0.2, -0.15) is 5.10 Å². The lowest BCUT2D eigenvalue weighted by molar-refractivity contribution is 0.308. The molecule has 0 aromatic carbocycles. The molecule has 1 aliphatic heterocycles. The summed E-state index contributed by atoms with van der Waals surface area (Å²) in [6, 6.07) is 0. The minimum Gasteiger partial charge on any atom is -0.307 e. The van der Waals surface area contributed by atoms with Crippen LogP contribution in [0.1, 0.15) is 48.4 Å². The first-order chi connectivity index (χ1) is 11.7. The third-order valence-electron chi connectivity index (χ3n) is 5.62. The number of hydrogen-bond donors (Lipinski definition) is 1. The number of aromatic nitrogens is 3. The van der Waals surface area contributed by atoms with E-state index in [0.717, 1.165) is 68.6 Å². The summed E-state index contributed by atoms with van der Waals surface area (Å²) in [6.45, 7) is 2.53. The highest BCUT2D eigenvalue weighted by Gasteiger charge is 2.30. The van der Waals surface area contributed by atoms with Gasteiger partial charge in [0.1, 0.15) is 5.65 Å². The summed E-state index contributed by atoms with van der Waals surface area (Å²) in [5.41, 5.74) is 4.24. The molecule has 5 nitrogen and oxygen atoms in total. The molecule has 0 radical (unpaired) electrons. The summed E-state index contributed by atoms with van der Waals surface area (Å²) in [6.07, 6.45) is 5.77. The molecule has 1 fully saturated rings. The zero-order valence-corrected chi connectivity index (χ0v) is 14.3. The molecule has 2 aliphatic rings. The van der Waals surface area contributed by atoms with E-state index < -0.39 is 0 Å². The van der Waals surface area contributed by atoms with Crippen molar-refractivity contribution in [3.8, 4) is 0 Å². The van der Waals surface area contributed by atoms with Crippen LogP contribution in [-0.4, -0.2) is 46.0 Å². The summed E-state index contributed by atoms with van der Waals surface area (Å²) in [5.74, 6) is 0.380. The Bertz CT molecular complexity index is 809. The molecule has 0 amide bonds. The van der Waals surface area contributed by atoms with Crippen LogP contribution < -0.4 is 5.56 Å². The monoisotopic (exact) mass is 332 g/mol. The molecule has 2 aromatic heterocycles. The lowest BCUT2D eigenvalue weighted by Crippen LogP contribution is -2.22. The molecule has 1 N–H and O–H groups in total. The first kappa shape index (κ1) is 15.8. The van der Waals surface area contributed by atoms with E-state index in [2.05, 4.69) is 9.88 Å². The minimum absolute atomic E-state index is 0.0581. The molecule has 130 valence electrons. The van der Waals surface area contributed by atoms with Gasteiger partial charge in [-0.15, -0.1) is 0 Å².